The quantitative estimate of drug-likeness (QED) is 0.680. The lowest BCUT2D eigenvalue weighted by Gasteiger charge is -2.16. The van der Waals surface area contributed by atoms with E-state index in [1.54, 1.807) is 0 Å². The largest absolute Gasteiger partial charge is 0.331 e. The van der Waals surface area contributed by atoms with Crippen molar-refractivity contribution in [1.82, 2.24) is 9.55 Å². The van der Waals surface area contributed by atoms with Crippen LogP contribution in [0, 0.1) is 0 Å². The summed E-state index contributed by atoms with van der Waals surface area (Å²) < 4.78 is 2.39. The van der Waals surface area contributed by atoms with Gasteiger partial charge in [0.2, 0.25) is 0 Å². The molecule has 2 rings (SSSR count). The zero-order chi connectivity index (χ0) is 9.26. The number of hydrogen-bond donors (Lipinski definition) is 0. The number of hydrogen-bond acceptors (Lipinski definition) is 1. The predicted octanol–water partition coefficient (Wildman–Crippen LogP) is 3.12. The lowest BCUT2D eigenvalue weighted by atomic mass is 10.1. The number of nitrogens with zero attached hydrogens (tertiary/aromatic N) is 2. The Morgan fingerprint density at radius 2 is 2.08 bits per heavy atom. The summed E-state index contributed by atoms with van der Waals surface area (Å²) in [4.78, 5) is 4.25. The molecule has 0 amide bonds. The van der Waals surface area contributed by atoms with Crippen LogP contribution >= 0.6 is 0 Å². The van der Waals surface area contributed by atoms with Crippen LogP contribution in [0.4, 0.5) is 0 Å². The van der Waals surface area contributed by atoms with Gasteiger partial charge < -0.3 is 4.57 Å². The van der Waals surface area contributed by atoms with Crippen molar-refractivity contribution in [2.24, 2.45) is 0 Å². The van der Waals surface area contributed by atoms with E-state index in [0.29, 0.717) is 5.92 Å². The first-order valence-electron chi connectivity index (χ1n) is 5.30. The Bertz CT molecular complexity index is 269. The fourth-order valence-corrected chi connectivity index (χ4v) is 2.25. The molecule has 0 atom stereocenters. The molecular weight excluding hydrogens is 160 g/mol. The van der Waals surface area contributed by atoms with E-state index in [-0.39, 0.29) is 0 Å². The Hall–Kier alpha value is -0.790. The van der Waals surface area contributed by atoms with Gasteiger partial charge in [0, 0.05) is 17.9 Å². The Labute approximate surface area is 80.0 Å². The second kappa shape index (κ2) is 3.52. The summed E-state index contributed by atoms with van der Waals surface area (Å²) in [7, 11) is 0. The van der Waals surface area contributed by atoms with Gasteiger partial charge in [-0.25, -0.2) is 4.98 Å². The highest BCUT2D eigenvalue weighted by atomic mass is 15.1. The number of imidazole rings is 1. The summed E-state index contributed by atoms with van der Waals surface area (Å²) in [6.07, 6.45) is 9.49. The molecule has 2 nitrogen and oxygen atoms in total. The van der Waals surface area contributed by atoms with Gasteiger partial charge in [-0.05, 0) is 18.8 Å². The van der Waals surface area contributed by atoms with Gasteiger partial charge in [0.1, 0.15) is 0 Å². The Morgan fingerprint density at radius 1 is 1.38 bits per heavy atom. The Kier molecular flexibility index (Phi) is 2.38. The molecule has 1 aliphatic carbocycles. The molecule has 0 radical (unpaired) electrons. The van der Waals surface area contributed by atoms with Crippen LogP contribution in [0.5, 0.6) is 0 Å². The molecule has 0 saturated heterocycles. The first-order chi connectivity index (χ1) is 6.29. The molecule has 2 heteroatoms. The average molecular weight is 178 g/mol. The van der Waals surface area contributed by atoms with E-state index >= 15 is 0 Å². The molecule has 1 aromatic rings. The zero-order valence-electron chi connectivity index (χ0n) is 8.53. The molecule has 1 aliphatic rings. The molecule has 1 aromatic heterocycles. The maximum Gasteiger partial charge on any atom is 0.0950 e. The minimum atomic E-state index is 0.600. The van der Waals surface area contributed by atoms with E-state index in [1.165, 1.54) is 31.4 Å². The van der Waals surface area contributed by atoms with Gasteiger partial charge in [-0.1, -0.05) is 26.7 Å². The summed E-state index contributed by atoms with van der Waals surface area (Å²) in [6.45, 7) is 4.48. The third-order valence-electron chi connectivity index (χ3n) is 3.01. The van der Waals surface area contributed by atoms with Crippen molar-refractivity contribution in [3.05, 3.63) is 18.2 Å². The van der Waals surface area contributed by atoms with Gasteiger partial charge in [-0.15, -0.1) is 0 Å². The fourth-order valence-electron chi connectivity index (χ4n) is 2.25. The topological polar surface area (TPSA) is 17.8 Å². The first kappa shape index (κ1) is 8.79. The van der Waals surface area contributed by atoms with Crippen LogP contribution in [0.1, 0.15) is 57.2 Å². The van der Waals surface area contributed by atoms with E-state index < -0.39 is 0 Å². The zero-order valence-corrected chi connectivity index (χ0v) is 8.53. The molecule has 1 saturated carbocycles. The molecule has 0 unspecified atom stereocenters. The highest BCUT2D eigenvalue weighted by molar-refractivity contribution is 5.05. The summed E-state index contributed by atoms with van der Waals surface area (Å²) in [5.41, 5.74) is 1.40. The van der Waals surface area contributed by atoms with Crippen LogP contribution in [-0.2, 0) is 0 Å². The molecule has 0 bridgehead atoms. The molecule has 1 fully saturated rings. The van der Waals surface area contributed by atoms with Gasteiger partial charge in [0.15, 0.2) is 0 Å². The number of rotatable bonds is 2. The van der Waals surface area contributed by atoms with Crippen molar-refractivity contribution < 1.29 is 0 Å². The van der Waals surface area contributed by atoms with Crippen molar-refractivity contribution in [1.29, 1.82) is 0 Å². The van der Waals surface area contributed by atoms with E-state index in [4.69, 9.17) is 0 Å². The van der Waals surface area contributed by atoms with Gasteiger partial charge >= 0.3 is 0 Å². The summed E-state index contributed by atoms with van der Waals surface area (Å²) in [5, 5.41) is 0. The molecule has 0 aliphatic heterocycles. The normalized spacial score (nSPS) is 18.7. The summed E-state index contributed by atoms with van der Waals surface area (Å²) >= 11 is 0. The van der Waals surface area contributed by atoms with Crippen molar-refractivity contribution in [2.75, 3.05) is 0 Å². The predicted molar refractivity (Wildman–Crippen MR) is 53.8 cm³/mol. The van der Waals surface area contributed by atoms with Gasteiger partial charge in [0.25, 0.3) is 0 Å². The van der Waals surface area contributed by atoms with Crippen molar-refractivity contribution in [3.8, 4) is 0 Å². The molecule has 0 spiro atoms. The van der Waals surface area contributed by atoms with Gasteiger partial charge in [-0.2, -0.15) is 0 Å². The molecule has 13 heavy (non-hydrogen) atoms. The smallest absolute Gasteiger partial charge is 0.0950 e. The third kappa shape index (κ3) is 1.62. The van der Waals surface area contributed by atoms with Crippen LogP contribution in [0.3, 0.4) is 0 Å². The SMILES string of the molecule is CC(C)c1cncn1C1CCCC1. The van der Waals surface area contributed by atoms with Gasteiger partial charge in [-0.3, -0.25) is 0 Å². The first-order valence-corrected chi connectivity index (χ1v) is 5.30. The van der Waals surface area contributed by atoms with Crippen LogP contribution in [0.2, 0.25) is 0 Å². The molecular formula is C11H18N2. The standard InChI is InChI=1S/C11H18N2/c1-9(2)11-7-12-8-13(11)10-5-3-4-6-10/h7-10H,3-6H2,1-2H3. The third-order valence-corrected chi connectivity index (χ3v) is 3.01. The Morgan fingerprint density at radius 3 is 2.69 bits per heavy atom. The summed E-state index contributed by atoms with van der Waals surface area (Å²) in [5.74, 6) is 0.600. The minimum Gasteiger partial charge on any atom is -0.331 e. The van der Waals surface area contributed by atoms with E-state index in [0.717, 1.165) is 6.04 Å². The second-order valence-electron chi connectivity index (χ2n) is 4.32. The minimum absolute atomic E-state index is 0.600. The van der Waals surface area contributed by atoms with Crippen LogP contribution in [-0.4, -0.2) is 9.55 Å². The van der Waals surface area contributed by atoms with Crippen LogP contribution < -0.4 is 0 Å². The molecule has 1 heterocycles. The van der Waals surface area contributed by atoms with E-state index in [1.807, 2.05) is 12.5 Å². The van der Waals surface area contributed by atoms with E-state index in [2.05, 4.69) is 23.4 Å². The number of aromatic nitrogens is 2. The maximum absolute atomic E-state index is 4.25. The monoisotopic (exact) mass is 178 g/mol. The molecule has 0 N–H and O–H groups in total. The molecule has 0 aromatic carbocycles. The van der Waals surface area contributed by atoms with Crippen LogP contribution in [0.25, 0.3) is 0 Å². The molecule has 72 valence electrons. The highest BCUT2D eigenvalue weighted by Crippen LogP contribution is 2.31. The Balaban J connectivity index is 2.23. The fraction of sp³-hybridized carbons (Fsp3) is 0.727. The van der Waals surface area contributed by atoms with Crippen LogP contribution in [0.15, 0.2) is 12.5 Å². The maximum atomic E-state index is 4.25. The highest BCUT2D eigenvalue weighted by Gasteiger charge is 2.19. The van der Waals surface area contributed by atoms with Crippen molar-refractivity contribution in [2.45, 2.75) is 51.5 Å². The van der Waals surface area contributed by atoms with Gasteiger partial charge in [0.05, 0.1) is 6.33 Å². The van der Waals surface area contributed by atoms with E-state index in [9.17, 15) is 0 Å². The average Bonchev–Trinajstić information content (AvgIpc) is 2.74. The lowest BCUT2D eigenvalue weighted by Crippen LogP contribution is -2.08. The van der Waals surface area contributed by atoms with Crippen molar-refractivity contribution >= 4 is 0 Å². The lowest BCUT2D eigenvalue weighted by molar-refractivity contribution is 0.491. The second-order valence-corrected chi connectivity index (χ2v) is 4.32. The summed E-state index contributed by atoms with van der Waals surface area (Å²) in [6, 6.07) is 0.736. The van der Waals surface area contributed by atoms with Crippen molar-refractivity contribution in [3.63, 3.8) is 0 Å².